The Morgan fingerprint density at radius 1 is 1.67 bits per heavy atom. The molecule has 0 aliphatic heterocycles. The summed E-state index contributed by atoms with van der Waals surface area (Å²) < 4.78 is 0.711. The number of halogens is 1. The molecule has 0 aliphatic rings. The van der Waals surface area contributed by atoms with Gasteiger partial charge >= 0.3 is 0 Å². The number of aromatic nitrogens is 2. The SMILES string of the molecule is Cc1c(N)cnnc1Br. The zero-order valence-corrected chi connectivity index (χ0v) is 6.51. The first kappa shape index (κ1) is 6.48. The van der Waals surface area contributed by atoms with Crippen LogP contribution in [0.2, 0.25) is 0 Å². The van der Waals surface area contributed by atoms with Crippen molar-refractivity contribution in [3.05, 3.63) is 16.4 Å². The van der Waals surface area contributed by atoms with Gasteiger partial charge in [0.25, 0.3) is 0 Å². The zero-order chi connectivity index (χ0) is 6.85. The van der Waals surface area contributed by atoms with Crippen LogP contribution in [0.25, 0.3) is 0 Å². The van der Waals surface area contributed by atoms with E-state index in [2.05, 4.69) is 26.1 Å². The molecule has 2 N–H and O–H groups in total. The molecule has 0 radical (unpaired) electrons. The third-order valence-electron chi connectivity index (χ3n) is 1.08. The molecule has 0 fully saturated rings. The fraction of sp³-hybridized carbons (Fsp3) is 0.200. The van der Waals surface area contributed by atoms with Crippen molar-refractivity contribution >= 4 is 21.6 Å². The first-order valence-corrected chi connectivity index (χ1v) is 3.24. The summed E-state index contributed by atoms with van der Waals surface area (Å²) in [5.74, 6) is 0. The van der Waals surface area contributed by atoms with Crippen LogP contribution in [-0.2, 0) is 0 Å². The van der Waals surface area contributed by atoms with Crippen LogP contribution in [0, 0.1) is 6.92 Å². The fourth-order valence-electron chi connectivity index (χ4n) is 0.433. The Labute approximate surface area is 61.4 Å². The molecule has 9 heavy (non-hydrogen) atoms. The van der Waals surface area contributed by atoms with Crippen molar-refractivity contribution in [3.8, 4) is 0 Å². The van der Waals surface area contributed by atoms with Crippen LogP contribution in [0.1, 0.15) is 5.56 Å². The summed E-state index contributed by atoms with van der Waals surface area (Å²) in [5.41, 5.74) is 7.09. The summed E-state index contributed by atoms with van der Waals surface area (Å²) >= 11 is 3.19. The maximum atomic E-state index is 5.49. The highest BCUT2D eigenvalue weighted by Crippen LogP contribution is 2.15. The number of anilines is 1. The smallest absolute Gasteiger partial charge is 0.133 e. The molecule has 1 aromatic heterocycles. The molecule has 0 spiro atoms. The molecule has 0 atom stereocenters. The van der Waals surface area contributed by atoms with Crippen molar-refractivity contribution in [2.24, 2.45) is 0 Å². The third kappa shape index (κ3) is 1.18. The summed E-state index contributed by atoms with van der Waals surface area (Å²) in [6.07, 6.45) is 1.53. The third-order valence-corrected chi connectivity index (χ3v) is 1.84. The number of hydrogen-bond acceptors (Lipinski definition) is 3. The minimum Gasteiger partial charge on any atom is -0.397 e. The maximum Gasteiger partial charge on any atom is 0.133 e. The highest BCUT2D eigenvalue weighted by Gasteiger charge is 1.97. The Hall–Kier alpha value is -0.640. The standard InChI is InChI=1S/C5H6BrN3/c1-3-4(7)2-8-9-5(3)6/h2H,1H3,(H2,7,9). The molecule has 0 saturated heterocycles. The van der Waals surface area contributed by atoms with E-state index in [-0.39, 0.29) is 0 Å². The summed E-state index contributed by atoms with van der Waals surface area (Å²) in [5, 5.41) is 7.35. The van der Waals surface area contributed by atoms with Gasteiger partial charge in [0.05, 0.1) is 11.9 Å². The predicted octanol–water partition coefficient (Wildman–Crippen LogP) is 1.13. The molecule has 0 bridgehead atoms. The number of nitrogens with two attached hydrogens (primary N) is 1. The van der Waals surface area contributed by atoms with E-state index in [1.807, 2.05) is 6.92 Å². The fourth-order valence-corrected chi connectivity index (χ4v) is 0.753. The van der Waals surface area contributed by atoms with Gasteiger partial charge in [-0.15, -0.1) is 5.10 Å². The van der Waals surface area contributed by atoms with E-state index in [0.717, 1.165) is 5.56 Å². The zero-order valence-electron chi connectivity index (χ0n) is 4.93. The molecule has 0 amide bonds. The van der Waals surface area contributed by atoms with Crippen molar-refractivity contribution in [2.75, 3.05) is 5.73 Å². The van der Waals surface area contributed by atoms with Gasteiger partial charge in [0.2, 0.25) is 0 Å². The van der Waals surface area contributed by atoms with Gasteiger partial charge in [-0.1, -0.05) is 0 Å². The van der Waals surface area contributed by atoms with E-state index in [1.165, 1.54) is 6.20 Å². The van der Waals surface area contributed by atoms with Crippen molar-refractivity contribution in [3.63, 3.8) is 0 Å². The van der Waals surface area contributed by atoms with Crippen molar-refractivity contribution in [1.29, 1.82) is 0 Å². The molecule has 1 aromatic rings. The summed E-state index contributed by atoms with van der Waals surface area (Å²) in [6, 6.07) is 0. The van der Waals surface area contributed by atoms with Crippen LogP contribution in [0.5, 0.6) is 0 Å². The lowest BCUT2D eigenvalue weighted by molar-refractivity contribution is 0.991. The minimum absolute atomic E-state index is 0.664. The topological polar surface area (TPSA) is 51.8 Å². The van der Waals surface area contributed by atoms with E-state index in [0.29, 0.717) is 10.3 Å². The van der Waals surface area contributed by atoms with E-state index < -0.39 is 0 Å². The van der Waals surface area contributed by atoms with Crippen molar-refractivity contribution < 1.29 is 0 Å². The molecule has 48 valence electrons. The summed E-state index contributed by atoms with van der Waals surface area (Å²) in [4.78, 5) is 0. The second-order valence-electron chi connectivity index (χ2n) is 1.72. The number of nitrogens with zero attached hydrogens (tertiary/aromatic N) is 2. The van der Waals surface area contributed by atoms with Crippen LogP contribution in [0.15, 0.2) is 10.8 Å². The van der Waals surface area contributed by atoms with Gasteiger partial charge < -0.3 is 5.73 Å². The summed E-state index contributed by atoms with van der Waals surface area (Å²) in [7, 11) is 0. The molecular formula is C5H6BrN3. The van der Waals surface area contributed by atoms with Gasteiger partial charge in [-0.3, -0.25) is 0 Å². The Morgan fingerprint density at radius 2 is 2.33 bits per heavy atom. The first-order valence-electron chi connectivity index (χ1n) is 2.45. The highest BCUT2D eigenvalue weighted by molar-refractivity contribution is 9.10. The normalized spacial score (nSPS) is 9.56. The molecule has 4 heteroatoms. The quantitative estimate of drug-likeness (QED) is 0.663. The number of nitrogen functional groups attached to an aromatic ring is 1. The van der Waals surface area contributed by atoms with E-state index in [9.17, 15) is 0 Å². The number of rotatable bonds is 0. The van der Waals surface area contributed by atoms with Crippen LogP contribution in [0.3, 0.4) is 0 Å². The molecule has 0 aromatic carbocycles. The van der Waals surface area contributed by atoms with Gasteiger partial charge in [0, 0.05) is 5.56 Å². The van der Waals surface area contributed by atoms with Gasteiger partial charge in [-0.2, -0.15) is 5.10 Å². The van der Waals surface area contributed by atoms with Gasteiger partial charge in [0.15, 0.2) is 0 Å². The highest BCUT2D eigenvalue weighted by atomic mass is 79.9. The Kier molecular flexibility index (Phi) is 1.66. The Morgan fingerprint density at radius 3 is 2.78 bits per heavy atom. The predicted molar refractivity (Wildman–Crippen MR) is 38.9 cm³/mol. The van der Waals surface area contributed by atoms with Gasteiger partial charge in [0.1, 0.15) is 4.60 Å². The van der Waals surface area contributed by atoms with Crippen molar-refractivity contribution in [2.45, 2.75) is 6.92 Å². The first-order chi connectivity index (χ1) is 4.22. The lowest BCUT2D eigenvalue weighted by atomic mass is 10.3. The average Bonchev–Trinajstić information content (AvgIpc) is 1.83. The Balaban J connectivity index is 3.25. The van der Waals surface area contributed by atoms with E-state index in [1.54, 1.807) is 0 Å². The molecule has 0 aliphatic carbocycles. The minimum atomic E-state index is 0.664. The van der Waals surface area contributed by atoms with Crippen LogP contribution >= 0.6 is 15.9 Å². The molecule has 3 nitrogen and oxygen atoms in total. The monoisotopic (exact) mass is 187 g/mol. The molecule has 1 heterocycles. The average molecular weight is 188 g/mol. The van der Waals surface area contributed by atoms with Crippen molar-refractivity contribution in [1.82, 2.24) is 10.2 Å². The van der Waals surface area contributed by atoms with Gasteiger partial charge in [-0.25, -0.2) is 0 Å². The van der Waals surface area contributed by atoms with Crippen LogP contribution in [-0.4, -0.2) is 10.2 Å². The van der Waals surface area contributed by atoms with E-state index >= 15 is 0 Å². The lowest BCUT2D eigenvalue weighted by Crippen LogP contribution is -1.93. The largest absolute Gasteiger partial charge is 0.397 e. The molecule has 0 saturated carbocycles. The lowest BCUT2D eigenvalue weighted by Gasteiger charge is -1.96. The van der Waals surface area contributed by atoms with E-state index in [4.69, 9.17) is 5.73 Å². The molecule has 0 unspecified atom stereocenters. The maximum absolute atomic E-state index is 5.49. The summed E-state index contributed by atoms with van der Waals surface area (Å²) in [6.45, 7) is 1.88. The second-order valence-corrected chi connectivity index (χ2v) is 2.47. The number of hydrogen-bond donors (Lipinski definition) is 1. The molecule has 1 rings (SSSR count). The van der Waals surface area contributed by atoms with Crippen LogP contribution < -0.4 is 5.73 Å². The van der Waals surface area contributed by atoms with Crippen LogP contribution in [0.4, 0.5) is 5.69 Å². The van der Waals surface area contributed by atoms with Gasteiger partial charge in [-0.05, 0) is 22.9 Å². The second kappa shape index (κ2) is 2.31. The Bertz CT molecular complexity index is 203. The molecular weight excluding hydrogens is 182 g/mol.